The van der Waals surface area contributed by atoms with Gasteiger partial charge < -0.3 is 11.1 Å². The molecule has 16 heavy (non-hydrogen) atoms. The highest BCUT2D eigenvalue weighted by molar-refractivity contribution is 7.99. The second kappa shape index (κ2) is 7.29. The predicted octanol–water partition coefficient (Wildman–Crippen LogP) is 0.973. The minimum Gasteiger partial charge on any atom is -0.369 e. The van der Waals surface area contributed by atoms with Gasteiger partial charge in [0.25, 0.3) is 0 Å². The smallest absolute Gasteiger partial charge is 0.227 e. The first-order chi connectivity index (χ1) is 7.68. The lowest BCUT2D eigenvalue weighted by Crippen LogP contribution is -2.23. The third-order valence-corrected chi connectivity index (χ3v) is 3.62. The molecule has 0 aromatic carbocycles. The largest absolute Gasteiger partial charge is 0.369 e. The van der Waals surface area contributed by atoms with Crippen LogP contribution in [0.2, 0.25) is 0 Å². The summed E-state index contributed by atoms with van der Waals surface area (Å²) in [6, 6.07) is 3.93. The van der Waals surface area contributed by atoms with Gasteiger partial charge in [-0.15, -0.1) is 11.3 Å². The molecule has 1 aromatic rings. The average molecular weight is 258 g/mol. The van der Waals surface area contributed by atoms with Crippen molar-refractivity contribution in [1.29, 1.82) is 0 Å². The van der Waals surface area contributed by atoms with Crippen LogP contribution in [-0.2, 0) is 16.1 Å². The lowest BCUT2D eigenvalue weighted by atomic mass is 10.4. The molecule has 1 heterocycles. The Morgan fingerprint density at radius 2 is 2.31 bits per heavy atom. The fourth-order valence-corrected chi connectivity index (χ4v) is 2.34. The quantitative estimate of drug-likeness (QED) is 0.716. The normalized spacial score (nSPS) is 10.0. The highest BCUT2D eigenvalue weighted by Gasteiger charge is 2.02. The van der Waals surface area contributed by atoms with Crippen LogP contribution in [-0.4, -0.2) is 23.3 Å². The number of amides is 2. The molecule has 0 aliphatic carbocycles. The van der Waals surface area contributed by atoms with E-state index in [0.717, 1.165) is 4.88 Å². The summed E-state index contributed by atoms with van der Waals surface area (Å²) in [5.41, 5.74) is 4.97. The third kappa shape index (κ3) is 5.77. The van der Waals surface area contributed by atoms with Gasteiger partial charge in [0.15, 0.2) is 0 Å². The molecule has 1 rings (SSSR count). The first-order valence-corrected chi connectivity index (χ1v) is 6.87. The van der Waals surface area contributed by atoms with E-state index < -0.39 is 0 Å². The van der Waals surface area contributed by atoms with Gasteiger partial charge in [0.2, 0.25) is 11.8 Å². The van der Waals surface area contributed by atoms with Gasteiger partial charge in [-0.05, 0) is 11.4 Å². The molecule has 0 unspecified atom stereocenters. The average Bonchev–Trinajstić information content (AvgIpc) is 2.74. The summed E-state index contributed by atoms with van der Waals surface area (Å²) in [6.07, 6.45) is 0.420. The number of thiophene rings is 1. The van der Waals surface area contributed by atoms with Crippen molar-refractivity contribution in [3.63, 3.8) is 0 Å². The fraction of sp³-hybridized carbons (Fsp3) is 0.400. The summed E-state index contributed by atoms with van der Waals surface area (Å²) in [5.74, 6) is 0.562. The molecule has 0 radical (unpaired) electrons. The molecule has 3 N–H and O–H groups in total. The Labute approximate surface area is 103 Å². The summed E-state index contributed by atoms with van der Waals surface area (Å²) in [4.78, 5) is 22.9. The molecule has 0 spiro atoms. The molecule has 4 nitrogen and oxygen atoms in total. The second-order valence-corrected chi connectivity index (χ2v) is 5.26. The third-order valence-electron chi connectivity index (χ3n) is 1.76. The van der Waals surface area contributed by atoms with Crippen molar-refractivity contribution in [3.05, 3.63) is 22.4 Å². The molecule has 0 atom stereocenters. The molecular weight excluding hydrogens is 244 g/mol. The number of hydrogen-bond donors (Lipinski definition) is 2. The van der Waals surface area contributed by atoms with E-state index in [1.807, 2.05) is 17.5 Å². The SMILES string of the molecule is NC(=O)CSCCC(=O)NCc1cccs1. The zero-order valence-electron chi connectivity index (χ0n) is 8.77. The lowest BCUT2D eigenvalue weighted by Gasteiger charge is -2.02. The van der Waals surface area contributed by atoms with Crippen LogP contribution < -0.4 is 11.1 Å². The van der Waals surface area contributed by atoms with Crippen molar-refractivity contribution in [2.45, 2.75) is 13.0 Å². The van der Waals surface area contributed by atoms with Gasteiger partial charge in [-0.25, -0.2) is 0 Å². The van der Waals surface area contributed by atoms with Gasteiger partial charge in [0.05, 0.1) is 12.3 Å². The number of carbonyl (C=O) groups excluding carboxylic acids is 2. The Balaban J connectivity index is 2.05. The summed E-state index contributed by atoms with van der Waals surface area (Å²) in [6.45, 7) is 0.580. The van der Waals surface area contributed by atoms with Crippen molar-refractivity contribution in [3.8, 4) is 0 Å². The summed E-state index contributed by atoms with van der Waals surface area (Å²) >= 11 is 3.00. The Bertz CT molecular complexity index is 339. The van der Waals surface area contributed by atoms with Gasteiger partial charge in [0, 0.05) is 17.1 Å². The van der Waals surface area contributed by atoms with Crippen molar-refractivity contribution < 1.29 is 9.59 Å². The predicted molar refractivity (Wildman–Crippen MR) is 67.3 cm³/mol. The summed E-state index contributed by atoms with van der Waals surface area (Å²) in [7, 11) is 0. The molecule has 0 aliphatic rings. The zero-order chi connectivity index (χ0) is 11.8. The maximum absolute atomic E-state index is 11.3. The highest BCUT2D eigenvalue weighted by atomic mass is 32.2. The lowest BCUT2D eigenvalue weighted by molar-refractivity contribution is -0.121. The number of primary amides is 1. The van der Waals surface area contributed by atoms with Crippen molar-refractivity contribution in [2.24, 2.45) is 5.73 Å². The standard InChI is InChI=1S/C10H14N2O2S2/c11-9(13)7-15-5-3-10(14)12-6-8-2-1-4-16-8/h1-2,4H,3,5-7H2,(H2,11,13)(H,12,14). The molecule has 0 aliphatic heterocycles. The second-order valence-electron chi connectivity index (χ2n) is 3.12. The van der Waals surface area contributed by atoms with Crippen LogP contribution in [0.4, 0.5) is 0 Å². The maximum atomic E-state index is 11.3. The molecular formula is C10H14N2O2S2. The fourth-order valence-electron chi connectivity index (χ4n) is 1.02. The Hall–Kier alpha value is -1.01. The molecule has 0 saturated carbocycles. The molecule has 6 heteroatoms. The molecule has 0 fully saturated rings. The van der Waals surface area contributed by atoms with Crippen LogP contribution in [0.25, 0.3) is 0 Å². The number of rotatable bonds is 7. The van der Waals surface area contributed by atoms with E-state index in [0.29, 0.717) is 18.7 Å². The van der Waals surface area contributed by atoms with E-state index in [2.05, 4.69) is 5.32 Å². The van der Waals surface area contributed by atoms with Gasteiger partial charge in [-0.3, -0.25) is 9.59 Å². The Kier molecular flexibility index (Phi) is 5.95. The van der Waals surface area contributed by atoms with Gasteiger partial charge >= 0.3 is 0 Å². The summed E-state index contributed by atoms with van der Waals surface area (Å²) in [5, 5.41) is 4.79. The molecule has 0 saturated heterocycles. The van der Waals surface area contributed by atoms with Crippen LogP contribution in [0.5, 0.6) is 0 Å². The van der Waals surface area contributed by atoms with E-state index in [4.69, 9.17) is 5.73 Å². The van der Waals surface area contributed by atoms with Crippen molar-refractivity contribution in [1.82, 2.24) is 5.32 Å². The highest BCUT2D eigenvalue weighted by Crippen LogP contribution is 2.07. The number of nitrogens with one attached hydrogen (secondary N) is 1. The van der Waals surface area contributed by atoms with Crippen LogP contribution in [0.3, 0.4) is 0 Å². The van der Waals surface area contributed by atoms with Gasteiger partial charge in [-0.2, -0.15) is 11.8 Å². The zero-order valence-corrected chi connectivity index (χ0v) is 10.4. The monoisotopic (exact) mass is 258 g/mol. The van der Waals surface area contributed by atoms with E-state index in [-0.39, 0.29) is 17.6 Å². The van der Waals surface area contributed by atoms with Crippen LogP contribution >= 0.6 is 23.1 Å². The summed E-state index contributed by atoms with van der Waals surface area (Å²) < 4.78 is 0. The molecule has 88 valence electrons. The Morgan fingerprint density at radius 1 is 1.50 bits per heavy atom. The number of hydrogen-bond acceptors (Lipinski definition) is 4. The topological polar surface area (TPSA) is 72.2 Å². The number of thioether (sulfide) groups is 1. The van der Waals surface area contributed by atoms with Gasteiger partial charge in [-0.1, -0.05) is 6.07 Å². The van der Waals surface area contributed by atoms with Gasteiger partial charge in [0.1, 0.15) is 0 Å². The minimum atomic E-state index is -0.344. The molecule has 0 bridgehead atoms. The van der Waals surface area contributed by atoms with Crippen molar-refractivity contribution >= 4 is 34.9 Å². The van der Waals surface area contributed by atoms with Crippen LogP contribution in [0.15, 0.2) is 17.5 Å². The number of nitrogens with two attached hydrogens (primary N) is 1. The van der Waals surface area contributed by atoms with E-state index in [9.17, 15) is 9.59 Å². The number of carbonyl (C=O) groups is 2. The van der Waals surface area contributed by atoms with E-state index in [1.165, 1.54) is 11.8 Å². The van der Waals surface area contributed by atoms with E-state index >= 15 is 0 Å². The van der Waals surface area contributed by atoms with Crippen molar-refractivity contribution in [2.75, 3.05) is 11.5 Å². The van der Waals surface area contributed by atoms with Crippen LogP contribution in [0, 0.1) is 0 Å². The minimum absolute atomic E-state index is 0.00497. The molecule has 2 amide bonds. The van der Waals surface area contributed by atoms with Crippen LogP contribution in [0.1, 0.15) is 11.3 Å². The molecule has 1 aromatic heterocycles. The maximum Gasteiger partial charge on any atom is 0.227 e. The first kappa shape index (κ1) is 13.1. The first-order valence-electron chi connectivity index (χ1n) is 4.83. The van der Waals surface area contributed by atoms with E-state index in [1.54, 1.807) is 11.3 Å². The Morgan fingerprint density at radius 3 is 2.94 bits per heavy atom.